The molecule has 0 atom stereocenters. The van der Waals surface area contributed by atoms with Crippen molar-refractivity contribution in [2.75, 3.05) is 12.4 Å². The van der Waals surface area contributed by atoms with Gasteiger partial charge in [0.2, 0.25) is 0 Å². The Kier molecular flexibility index (Phi) is 6.15. The van der Waals surface area contributed by atoms with Crippen LogP contribution in [0.4, 0.5) is 5.00 Å². The number of hydrogen-bond acceptors (Lipinski definition) is 6. The molecular formula is C19H16ClNO4S2. The molecule has 1 aromatic carbocycles. The highest BCUT2D eigenvalue weighted by Crippen LogP contribution is 2.30. The second-order valence-corrected chi connectivity index (χ2v) is 8.16. The fourth-order valence-corrected chi connectivity index (χ4v) is 4.20. The van der Waals surface area contributed by atoms with Crippen molar-refractivity contribution in [2.24, 2.45) is 0 Å². The second kappa shape index (κ2) is 8.56. The topological polar surface area (TPSA) is 64.6 Å². The highest BCUT2D eigenvalue weighted by atomic mass is 35.5. The van der Waals surface area contributed by atoms with Gasteiger partial charge in [0.25, 0.3) is 5.91 Å². The molecule has 2 heterocycles. The molecular weight excluding hydrogens is 406 g/mol. The summed E-state index contributed by atoms with van der Waals surface area (Å²) < 4.78 is 10.4. The van der Waals surface area contributed by atoms with Crippen LogP contribution in [0.15, 0.2) is 41.8 Å². The monoisotopic (exact) mass is 421 g/mol. The molecule has 0 unspecified atom stereocenters. The largest absolute Gasteiger partial charge is 0.487 e. The van der Waals surface area contributed by atoms with Crippen LogP contribution in [-0.2, 0) is 11.3 Å². The summed E-state index contributed by atoms with van der Waals surface area (Å²) in [7, 11) is 1.31. The Bertz CT molecular complexity index is 980. The molecule has 1 amide bonds. The van der Waals surface area contributed by atoms with E-state index in [-0.39, 0.29) is 5.91 Å². The fraction of sp³-hybridized carbons (Fsp3) is 0.158. The van der Waals surface area contributed by atoms with E-state index in [2.05, 4.69) is 5.32 Å². The molecule has 0 saturated heterocycles. The molecule has 0 saturated carbocycles. The number of halogens is 1. The van der Waals surface area contributed by atoms with E-state index in [1.165, 1.54) is 29.8 Å². The van der Waals surface area contributed by atoms with E-state index in [0.717, 1.165) is 10.4 Å². The van der Waals surface area contributed by atoms with E-state index in [1.54, 1.807) is 24.3 Å². The zero-order valence-corrected chi connectivity index (χ0v) is 17.0. The van der Waals surface area contributed by atoms with Gasteiger partial charge in [0, 0.05) is 10.4 Å². The normalized spacial score (nSPS) is 10.5. The minimum atomic E-state index is -0.477. The number of carbonyl (C=O) groups is 2. The summed E-state index contributed by atoms with van der Waals surface area (Å²) in [4.78, 5) is 25.8. The average molecular weight is 422 g/mol. The van der Waals surface area contributed by atoms with Crippen LogP contribution in [0.1, 0.15) is 30.5 Å². The van der Waals surface area contributed by atoms with Crippen molar-refractivity contribution < 1.29 is 19.1 Å². The Hall–Kier alpha value is -2.35. The van der Waals surface area contributed by atoms with E-state index >= 15 is 0 Å². The van der Waals surface area contributed by atoms with E-state index in [4.69, 9.17) is 21.1 Å². The molecule has 3 rings (SSSR count). The number of ether oxygens (including phenoxy) is 2. The van der Waals surface area contributed by atoms with Crippen molar-refractivity contribution in [1.82, 2.24) is 0 Å². The standard InChI is InChI=1S/C19H16ClNO4S2/c1-11-7-13(19(23)24-2)18(27-11)21-17(22)16-8-12(10-26-16)9-25-15-6-4-3-5-14(15)20/h3-8,10H,9H2,1-2H3,(H,21,22). The third-order valence-electron chi connectivity index (χ3n) is 3.60. The predicted octanol–water partition coefficient (Wildman–Crippen LogP) is 5.39. The quantitative estimate of drug-likeness (QED) is 0.542. The van der Waals surface area contributed by atoms with Crippen molar-refractivity contribution in [3.05, 3.63) is 67.7 Å². The second-order valence-electron chi connectivity index (χ2n) is 5.58. The molecule has 27 heavy (non-hydrogen) atoms. The fourth-order valence-electron chi connectivity index (χ4n) is 2.33. The van der Waals surface area contributed by atoms with Crippen LogP contribution in [0.5, 0.6) is 5.75 Å². The molecule has 0 spiro atoms. The summed E-state index contributed by atoms with van der Waals surface area (Å²) in [6.45, 7) is 2.17. The number of benzene rings is 1. The number of aryl methyl sites for hydroxylation is 1. The third-order valence-corrected chi connectivity index (χ3v) is 5.85. The maximum Gasteiger partial charge on any atom is 0.340 e. The van der Waals surface area contributed by atoms with E-state index in [9.17, 15) is 9.59 Å². The molecule has 0 fully saturated rings. The first kappa shape index (κ1) is 19.4. The summed E-state index contributed by atoms with van der Waals surface area (Å²) in [6.07, 6.45) is 0. The van der Waals surface area contributed by atoms with Crippen molar-refractivity contribution in [3.8, 4) is 5.75 Å². The van der Waals surface area contributed by atoms with Crippen LogP contribution >= 0.6 is 34.3 Å². The Balaban J connectivity index is 1.67. The minimum Gasteiger partial charge on any atom is -0.487 e. The Morgan fingerprint density at radius 2 is 2.00 bits per heavy atom. The molecule has 0 aliphatic heterocycles. The lowest BCUT2D eigenvalue weighted by molar-refractivity contribution is 0.0602. The van der Waals surface area contributed by atoms with Crippen LogP contribution in [0.25, 0.3) is 0 Å². The molecule has 1 N–H and O–H groups in total. The highest BCUT2D eigenvalue weighted by molar-refractivity contribution is 7.17. The number of rotatable bonds is 6. The molecule has 0 radical (unpaired) electrons. The van der Waals surface area contributed by atoms with Crippen LogP contribution < -0.4 is 10.1 Å². The molecule has 140 valence electrons. The molecule has 0 aliphatic carbocycles. The lowest BCUT2D eigenvalue weighted by Gasteiger charge is -2.06. The molecule has 3 aromatic rings. The number of para-hydroxylation sites is 1. The lowest BCUT2D eigenvalue weighted by Crippen LogP contribution is -2.12. The smallest absolute Gasteiger partial charge is 0.340 e. The van der Waals surface area contributed by atoms with E-state index in [0.29, 0.717) is 32.8 Å². The van der Waals surface area contributed by atoms with Gasteiger partial charge in [-0.05, 0) is 36.6 Å². The van der Waals surface area contributed by atoms with Crippen LogP contribution in [0, 0.1) is 6.92 Å². The summed E-state index contributed by atoms with van der Waals surface area (Å²) in [5, 5.41) is 5.65. The summed E-state index contributed by atoms with van der Waals surface area (Å²) >= 11 is 8.70. The van der Waals surface area contributed by atoms with Gasteiger partial charge < -0.3 is 14.8 Å². The lowest BCUT2D eigenvalue weighted by atomic mass is 10.3. The number of carbonyl (C=O) groups excluding carboxylic acids is 2. The molecule has 5 nitrogen and oxygen atoms in total. The van der Waals surface area contributed by atoms with Crippen molar-refractivity contribution in [3.63, 3.8) is 0 Å². The summed E-state index contributed by atoms with van der Waals surface area (Å²) in [5.41, 5.74) is 1.22. The third kappa shape index (κ3) is 4.68. The number of anilines is 1. The van der Waals surface area contributed by atoms with Gasteiger partial charge in [-0.3, -0.25) is 4.79 Å². The summed E-state index contributed by atoms with van der Waals surface area (Å²) in [5.74, 6) is -0.168. The Morgan fingerprint density at radius 1 is 1.22 bits per heavy atom. The first-order valence-corrected chi connectivity index (χ1v) is 10.00. The Morgan fingerprint density at radius 3 is 2.74 bits per heavy atom. The number of nitrogens with one attached hydrogen (secondary N) is 1. The number of hydrogen-bond donors (Lipinski definition) is 1. The van der Waals surface area contributed by atoms with Crippen LogP contribution in [-0.4, -0.2) is 19.0 Å². The minimum absolute atomic E-state index is 0.281. The van der Waals surface area contributed by atoms with Gasteiger partial charge in [-0.25, -0.2) is 4.79 Å². The van der Waals surface area contributed by atoms with E-state index in [1.807, 2.05) is 24.4 Å². The number of methoxy groups -OCH3 is 1. The van der Waals surface area contributed by atoms with Gasteiger partial charge >= 0.3 is 5.97 Å². The number of esters is 1. The van der Waals surface area contributed by atoms with E-state index < -0.39 is 5.97 Å². The maximum absolute atomic E-state index is 12.5. The van der Waals surface area contributed by atoms with Gasteiger partial charge in [0.1, 0.15) is 17.4 Å². The average Bonchev–Trinajstić information content (AvgIpc) is 3.27. The maximum atomic E-state index is 12.5. The van der Waals surface area contributed by atoms with Gasteiger partial charge in [0.05, 0.1) is 22.6 Å². The zero-order valence-electron chi connectivity index (χ0n) is 14.6. The van der Waals surface area contributed by atoms with Crippen LogP contribution in [0.3, 0.4) is 0 Å². The SMILES string of the molecule is COC(=O)c1cc(C)sc1NC(=O)c1cc(COc2ccccc2Cl)cs1. The van der Waals surface area contributed by atoms with Gasteiger partial charge in [-0.1, -0.05) is 23.7 Å². The van der Waals surface area contributed by atoms with Gasteiger partial charge in [-0.15, -0.1) is 22.7 Å². The van der Waals surface area contributed by atoms with Crippen molar-refractivity contribution in [1.29, 1.82) is 0 Å². The Labute approximate surface area is 169 Å². The summed E-state index contributed by atoms with van der Waals surface area (Å²) in [6, 6.07) is 10.7. The van der Waals surface area contributed by atoms with Gasteiger partial charge in [-0.2, -0.15) is 0 Å². The van der Waals surface area contributed by atoms with Crippen molar-refractivity contribution >= 4 is 51.2 Å². The first-order chi connectivity index (χ1) is 13.0. The first-order valence-electron chi connectivity index (χ1n) is 7.92. The van der Waals surface area contributed by atoms with Crippen LogP contribution in [0.2, 0.25) is 5.02 Å². The zero-order chi connectivity index (χ0) is 19.4. The van der Waals surface area contributed by atoms with Gasteiger partial charge in [0.15, 0.2) is 0 Å². The number of amides is 1. The predicted molar refractivity (Wildman–Crippen MR) is 108 cm³/mol. The molecule has 8 heteroatoms. The highest BCUT2D eigenvalue weighted by Gasteiger charge is 2.19. The van der Waals surface area contributed by atoms with Crippen molar-refractivity contribution in [2.45, 2.75) is 13.5 Å². The number of thiophene rings is 2. The molecule has 0 aliphatic rings. The molecule has 2 aromatic heterocycles. The molecule has 0 bridgehead atoms.